The molecule has 0 radical (unpaired) electrons. The van der Waals surface area contributed by atoms with Crippen LogP contribution in [0.5, 0.6) is 0 Å². The molecule has 0 bridgehead atoms. The van der Waals surface area contributed by atoms with Crippen molar-refractivity contribution in [2.24, 2.45) is 0 Å². The van der Waals surface area contributed by atoms with Crippen molar-refractivity contribution in [1.29, 1.82) is 0 Å². The number of aryl methyl sites for hydroxylation is 1. The maximum absolute atomic E-state index is 10.7. The first-order chi connectivity index (χ1) is 14.5. The Morgan fingerprint density at radius 1 is 0.933 bits per heavy atom. The molecule has 0 saturated carbocycles. The van der Waals surface area contributed by atoms with Crippen LogP contribution in [0.3, 0.4) is 0 Å². The van der Waals surface area contributed by atoms with E-state index in [1.165, 1.54) is 23.1 Å². The van der Waals surface area contributed by atoms with Crippen LogP contribution in [0, 0.1) is 6.92 Å². The molecule has 4 heteroatoms. The molecule has 1 saturated heterocycles. The van der Waals surface area contributed by atoms with Gasteiger partial charge in [-0.15, -0.1) is 0 Å². The Labute approximate surface area is 183 Å². The lowest BCUT2D eigenvalue weighted by atomic mass is 9.83. The summed E-state index contributed by atoms with van der Waals surface area (Å²) < 4.78 is 0. The van der Waals surface area contributed by atoms with Gasteiger partial charge in [0.2, 0.25) is 0 Å². The Hall–Kier alpha value is -2.04. The van der Waals surface area contributed by atoms with E-state index < -0.39 is 0 Å². The maximum atomic E-state index is 10.7. The van der Waals surface area contributed by atoms with Crippen molar-refractivity contribution in [3.63, 3.8) is 0 Å². The fraction of sp³-hybridized carbons (Fsp3) is 0.538. The molecule has 4 rings (SSSR count). The minimum absolute atomic E-state index is 0.226. The number of nitrogen functional groups attached to an aromatic ring is 1. The van der Waals surface area contributed by atoms with Crippen molar-refractivity contribution < 1.29 is 5.11 Å². The molecular formula is C26H41N3O. The number of benzene rings is 2. The Morgan fingerprint density at radius 3 is 2.20 bits per heavy atom. The van der Waals surface area contributed by atoms with Gasteiger partial charge in [0.05, 0.1) is 17.5 Å². The highest BCUT2D eigenvalue weighted by Gasteiger charge is 2.33. The van der Waals surface area contributed by atoms with Crippen LogP contribution in [0.25, 0.3) is 0 Å². The molecule has 4 nitrogen and oxygen atoms in total. The Morgan fingerprint density at radius 2 is 1.57 bits per heavy atom. The number of anilines is 2. The quantitative estimate of drug-likeness (QED) is 0.705. The first-order valence-electron chi connectivity index (χ1n) is 11.6. The van der Waals surface area contributed by atoms with E-state index in [4.69, 9.17) is 5.73 Å². The summed E-state index contributed by atoms with van der Waals surface area (Å²) in [5.41, 5.74) is 12.2. The monoisotopic (exact) mass is 411 g/mol. The van der Waals surface area contributed by atoms with Gasteiger partial charge in [0.15, 0.2) is 0 Å². The molecule has 2 aromatic carbocycles. The van der Waals surface area contributed by atoms with Crippen LogP contribution in [-0.4, -0.2) is 48.3 Å². The molecule has 0 amide bonds. The van der Waals surface area contributed by atoms with Crippen molar-refractivity contribution in [1.82, 2.24) is 4.90 Å². The molecule has 2 aromatic rings. The second kappa shape index (κ2) is 12.0. The molecule has 2 unspecified atom stereocenters. The highest BCUT2D eigenvalue weighted by Crippen LogP contribution is 2.29. The summed E-state index contributed by atoms with van der Waals surface area (Å²) in [5, 5.41) is 10.7. The first kappa shape index (κ1) is 24.2. The molecule has 2 atom stereocenters. The lowest BCUT2D eigenvalue weighted by Crippen LogP contribution is -2.56. The normalized spacial score (nSPS) is 20.9. The number of piperazine rings is 1. The number of para-hydroxylation sites is 2. The van der Waals surface area contributed by atoms with Gasteiger partial charge in [-0.25, -0.2) is 0 Å². The zero-order valence-corrected chi connectivity index (χ0v) is 19.6. The third-order valence-electron chi connectivity index (χ3n) is 5.85. The van der Waals surface area contributed by atoms with Crippen molar-refractivity contribution in [3.8, 4) is 0 Å². The fourth-order valence-corrected chi connectivity index (χ4v) is 4.40. The van der Waals surface area contributed by atoms with E-state index in [-0.39, 0.29) is 12.1 Å². The van der Waals surface area contributed by atoms with E-state index in [1.807, 2.05) is 32.0 Å². The second-order valence-electron chi connectivity index (χ2n) is 8.04. The first-order valence-corrected chi connectivity index (χ1v) is 11.6. The number of nitrogens with two attached hydrogens (primary N) is 1. The Kier molecular flexibility index (Phi) is 9.67. The number of hydrogen-bond donors (Lipinski definition) is 2. The van der Waals surface area contributed by atoms with Crippen LogP contribution >= 0.6 is 0 Å². The average Bonchev–Trinajstić information content (AvgIpc) is 2.77. The molecule has 1 fully saturated rings. The highest BCUT2D eigenvalue weighted by molar-refractivity contribution is 5.67. The summed E-state index contributed by atoms with van der Waals surface area (Å²) in [5.74, 6) is 0. The van der Waals surface area contributed by atoms with Crippen LogP contribution < -0.4 is 10.6 Å². The number of rotatable bonds is 2. The van der Waals surface area contributed by atoms with Gasteiger partial charge in [0, 0.05) is 38.6 Å². The third-order valence-corrected chi connectivity index (χ3v) is 5.85. The Balaban J connectivity index is 0.000000590. The number of fused-ring (bicyclic) bond motifs is 1. The van der Waals surface area contributed by atoms with Gasteiger partial charge >= 0.3 is 0 Å². The van der Waals surface area contributed by atoms with E-state index in [9.17, 15) is 5.11 Å². The molecular weight excluding hydrogens is 370 g/mol. The van der Waals surface area contributed by atoms with Gasteiger partial charge in [0.25, 0.3) is 0 Å². The number of aliphatic hydroxyl groups excluding tert-OH is 1. The van der Waals surface area contributed by atoms with Gasteiger partial charge in [-0.2, -0.15) is 0 Å². The molecule has 3 N–H and O–H groups in total. The van der Waals surface area contributed by atoms with Gasteiger partial charge in [-0.3, -0.25) is 4.90 Å². The van der Waals surface area contributed by atoms with Crippen LogP contribution in [0.1, 0.15) is 50.8 Å². The molecule has 1 heterocycles. The van der Waals surface area contributed by atoms with Crippen molar-refractivity contribution in [2.45, 2.75) is 66.0 Å². The highest BCUT2D eigenvalue weighted by atomic mass is 16.3. The predicted molar refractivity (Wildman–Crippen MR) is 130 cm³/mol. The van der Waals surface area contributed by atoms with Crippen LogP contribution in [-0.2, 0) is 12.8 Å². The van der Waals surface area contributed by atoms with E-state index in [1.54, 1.807) is 0 Å². The smallest absolute Gasteiger partial charge is 0.0739 e. The van der Waals surface area contributed by atoms with Gasteiger partial charge < -0.3 is 15.7 Å². The molecule has 2 aliphatic rings. The minimum atomic E-state index is -0.276. The lowest BCUT2D eigenvalue weighted by Gasteiger charge is -2.44. The number of nitrogens with zero attached hydrogens (tertiary/aromatic N) is 2. The summed E-state index contributed by atoms with van der Waals surface area (Å²) in [6, 6.07) is 14.8. The van der Waals surface area contributed by atoms with E-state index in [0.29, 0.717) is 0 Å². The van der Waals surface area contributed by atoms with Crippen molar-refractivity contribution >= 4 is 11.4 Å². The van der Waals surface area contributed by atoms with Crippen LogP contribution in [0.2, 0.25) is 0 Å². The molecule has 0 aromatic heterocycles. The summed E-state index contributed by atoms with van der Waals surface area (Å²) in [7, 11) is 0. The summed E-state index contributed by atoms with van der Waals surface area (Å²) in [4.78, 5) is 4.82. The van der Waals surface area contributed by atoms with E-state index >= 15 is 0 Å². The molecule has 1 aliphatic heterocycles. The second-order valence-corrected chi connectivity index (χ2v) is 8.04. The molecule has 166 valence electrons. The maximum Gasteiger partial charge on any atom is 0.0739 e. The van der Waals surface area contributed by atoms with E-state index in [2.05, 4.69) is 54.8 Å². The number of aliphatic hydroxyl groups is 1. The topological polar surface area (TPSA) is 52.7 Å². The average molecular weight is 412 g/mol. The van der Waals surface area contributed by atoms with Crippen LogP contribution in [0.4, 0.5) is 11.4 Å². The predicted octanol–water partition coefficient (Wildman–Crippen LogP) is 4.67. The SMILES string of the molecule is CC.CCC.Cc1cccc2c1CC(O)C(N1CCN(c3ccccc3N)CC1)C2. The minimum Gasteiger partial charge on any atom is -0.397 e. The molecule has 30 heavy (non-hydrogen) atoms. The Bertz CT molecular complexity index is 769. The molecule has 1 aliphatic carbocycles. The fourth-order valence-electron chi connectivity index (χ4n) is 4.40. The van der Waals surface area contributed by atoms with Crippen molar-refractivity contribution in [2.75, 3.05) is 36.8 Å². The van der Waals surface area contributed by atoms with Crippen molar-refractivity contribution in [3.05, 3.63) is 59.2 Å². The van der Waals surface area contributed by atoms with E-state index in [0.717, 1.165) is 50.4 Å². The van der Waals surface area contributed by atoms with Gasteiger partial charge in [-0.1, -0.05) is 64.4 Å². The standard InChI is InChI=1S/C21H27N3O.C3H8.C2H6/c1-15-5-4-6-16-13-20(21(25)14-17(15)16)24-11-9-23(10-12-24)19-8-3-2-7-18(19)22;1-3-2;1-2/h2-8,20-21,25H,9-14,22H2,1H3;3H2,1-2H3;1-2H3. The lowest BCUT2D eigenvalue weighted by molar-refractivity contribution is 0.0394. The zero-order chi connectivity index (χ0) is 22.1. The number of hydrogen-bond acceptors (Lipinski definition) is 4. The summed E-state index contributed by atoms with van der Waals surface area (Å²) in [6.07, 6.45) is 2.70. The van der Waals surface area contributed by atoms with Crippen LogP contribution in [0.15, 0.2) is 42.5 Å². The molecule has 0 spiro atoms. The summed E-state index contributed by atoms with van der Waals surface area (Å²) in [6.45, 7) is 14.2. The largest absolute Gasteiger partial charge is 0.397 e. The summed E-state index contributed by atoms with van der Waals surface area (Å²) >= 11 is 0. The van der Waals surface area contributed by atoms with Gasteiger partial charge in [-0.05, 0) is 42.2 Å². The van der Waals surface area contributed by atoms with Gasteiger partial charge in [0.1, 0.15) is 0 Å². The third kappa shape index (κ3) is 5.77. The zero-order valence-electron chi connectivity index (χ0n) is 19.6.